The maximum atomic E-state index is 12.9. The largest absolute Gasteiger partial charge is 0.390 e. The maximum Gasteiger partial charge on any atom is 0.274 e. The number of fused-ring (bicyclic) bond motifs is 2. The van der Waals surface area contributed by atoms with E-state index in [4.69, 9.17) is 0 Å². The molecule has 3 aromatic rings. The van der Waals surface area contributed by atoms with Crippen molar-refractivity contribution in [1.29, 1.82) is 0 Å². The second-order valence-corrected chi connectivity index (χ2v) is 8.68. The Bertz CT molecular complexity index is 1070. The van der Waals surface area contributed by atoms with Crippen LogP contribution in [0.3, 0.4) is 0 Å². The lowest BCUT2D eigenvalue weighted by Crippen LogP contribution is -2.56. The first-order valence-corrected chi connectivity index (χ1v) is 10.7. The van der Waals surface area contributed by atoms with Gasteiger partial charge in [0.2, 0.25) is 5.78 Å². The molecule has 1 saturated heterocycles. The Morgan fingerprint density at radius 1 is 1.17 bits per heavy atom. The zero-order chi connectivity index (χ0) is 20.0. The van der Waals surface area contributed by atoms with Crippen LogP contribution < -0.4 is 0 Å². The monoisotopic (exact) mass is 455 g/mol. The number of hydrogen-bond acceptors (Lipinski definition) is 5. The standard InChI is InChI=1S/C21H22BrN5O2/c22-16-9-23-21-24-17(12-27(21)11-16)20(29)26-8-6-18(19(28)13-26)25-7-5-14-3-1-2-4-15(14)10-25/h1-4,9,11-12,18-19,28H,5-8,10,13H2/t18-,19-/m0/s1. The number of β-amino-alcohol motifs (C(OH)–C–C–N with tert-alkyl or cyclic N) is 1. The number of aliphatic hydroxyl groups excluding tert-OH is 1. The van der Waals surface area contributed by atoms with E-state index in [0.717, 1.165) is 30.4 Å². The lowest BCUT2D eigenvalue weighted by molar-refractivity contribution is -0.0139. The van der Waals surface area contributed by atoms with Gasteiger partial charge in [0, 0.05) is 50.8 Å². The lowest BCUT2D eigenvalue weighted by atomic mass is 9.94. The van der Waals surface area contributed by atoms with E-state index in [1.807, 2.05) is 6.20 Å². The van der Waals surface area contributed by atoms with E-state index in [1.54, 1.807) is 21.7 Å². The van der Waals surface area contributed by atoms with Crippen molar-refractivity contribution in [2.75, 3.05) is 19.6 Å². The molecule has 7 nitrogen and oxygen atoms in total. The number of benzene rings is 1. The van der Waals surface area contributed by atoms with E-state index in [-0.39, 0.29) is 11.9 Å². The Labute approximate surface area is 177 Å². The number of rotatable bonds is 2. The lowest BCUT2D eigenvalue weighted by Gasteiger charge is -2.43. The van der Waals surface area contributed by atoms with Gasteiger partial charge in [0.05, 0.1) is 10.6 Å². The van der Waals surface area contributed by atoms with Crippen molar-refractivity contribution in [1.82, 2.24) is 24.2 Å². The summed E-state index contributed by atoms with van der Waals surface area (Å²) in [6.07, 6.45) is 6.36. The van der Waals surface area contributed by atoms with Crippen molar-refractivity contribution < 1.29 is 9.90 Å². The van der Waals surface area contributed by atoms with Crippen LogP contribution in [0.5, 0.6) is 0 Å². The number of likely N-dealkylation sites (tertiary alicyclic amines) is 1. The topological polar surface area (TPSA) is 74.0 Å². The van der Waals surface area contributed by atoms with Gasteiger partial charge in [-0.2, -0.15) is 0 Å². The van der Waals surface area contributed by atoms with Crippen LogP contribution in [0, 0.1) is 0 Å². The van der Waals surface area contributed by atoms with Gasteiger partial charge >= 0.3 is 0 Å². The molecule has 8 heteroatoms. The van der Waals surface area contributed by atoms with Crippen molar-refractivity contribution >= 4 is 27.6 Å². The first kappa shape index (κ1) is 18.7. The van der Waals surface area contributed by atoms with Crippen LogP contribution in [-0.2, 0) is 13.0 Å². The number of halogens is 1. The van der Waals surface area contributed by atoms with E-state index >= 15 is 0 Å². The summed E-state index contributed by atoms with van der Waals surface area (Å²) in [5.74, 6) is 0.326. The molecule has 0 saturated carbocycles. The van der Waals surface area contributed by atoms with Crippen LogP contribution in [0.4, 0.5) is 0 Å². The number of carbonyl (C=O) groups is 1. The van der Waals surface area contributed by atoms with Gasteiger partial charge in [0.25, 0.3) is 5.91 Å². The summed E-state index contributed by atoms with van der Waals surface area (Å²) < 4.78 is 2.55. The third-order valence-corrected chi connectivity index (χ3v) is 6.37. The van der Waals surface area contributed by atoms with Gasteiger partial charge < -0.3 is 10.0 Å². The van der Waals surface area contributed by atoms with Crippen LogP contribution in [0.25, 0.3) is 5.78 Å². The van der Waals surface area contributed by atoms with Crippen LogP contribution in [0.1, 0.15) is 28.0 Å². The molecule has 29 heavy (non-hydrogen) atoms. The molecule has 0 aliphatic carbocycles. The van der Waals surface area contributed by atoms with Gasteiger partial charge in [-0.3, -0.25) is 14.1 Å². The van der Waals surface area contributed by atoms with E-state index in [1.165, 1.54) is 11.1 Å². The van der Waals surface area contributed by atoms with Gasteiger partial charge in [-0.25, -0.2) is 9.97 Å². The number of aromatic nitrogens is 3. The highest BCUT2D eigenvalue weighted by Crippen LogP contribution is 2.26. The molecule has 0 spiro atoms. The number of nitrogens with zero attached hydrogens (tertiary/aromatic N) is 5. The van der Waals surface area contributed by atoms with Crippen LogP contribution in [0.2, 0.25) is 0 Å². The Hall–Kier alpha value is -2.29. The summed E-state index contributed by atoms with van der Waals surface area (Å²) in [7, 11) is 0. The zero-order valence-electron chi connectivity index (χ0n) is 15.9. The molecular formula is C21H22BrN5O2. The van der Waals surface area contributed by atoms with Crippen molar-refractivity contribution in [3.63, 3.8) is 0 Å². The minimum Gasteiger partial charge on any atom is -0.390 e. The van der Waals surface area contributed by atoms with E-state index in [0.29, 0.717) is 24.6 Å². The molecule has 2 atom stereocenters. The molecule has 1 aromatic carbocycles. The first-order chi connectivity index (χ1) is 14.1. The van der Waals surface area contributed by atoms with E-state index < -0.39 is 6.10 Å². The number of imidazole rings is 1. The molecule has 1 fully saturated rings. The van der Waals surface area contributed by atoms with Gasteiger partial charge in [-0.1, -0.05) is 24.3 Å². The number of piperidine rings is 1. The average Bonchev–Trinajstić information content (AvgIpc) is 3.16. The minimum atomic E-state index is -0.567. The molecule has 1 N–H and O–H groups in total. The molecule has 2 aliphatic rings. The highest BCUT2D eigenvalue weighted by atomic mass is 79.9. The summed E-state index contributed by atoms with van der Waals surface area (Å²) in [5.41, 5.74) is 3.10. The molecule has 150 valence electrons. The molecule has 2 aliphatic heterocycles. The molecule has 2 aromatic heterocycles. The Morgan fingerprint density at radius 3 is 2.83 bits per heavy atom. The second-order valence-electron chi connectivity index (χ2n) is 7.77. The number of amides is 1. The number of carbonyl (C=O) groups excluding carboxylic acids is 1. The summed E-state index contributed by atoms with van der Waals surface area (Å²) >= 11 is 3.37. The van der Waals surface area contributed by atoms with Gasteiger partial charge in [-0.15, -0.1) is 0 Å². The van der Waals surface area contributed by atoms with Gasteiger partial charge in [-0.05, 0) is 39.9 Å². The predicted molar refractivity (Wildman–Crippen MR) is 112 cm³/mol. The van der Waals surface area contributed by atoms with Crippen molar-refractivity contribution in [3.8, 4) is 0 Å². The number of hydrogen-bond donors (Lipinski definition) is 1. The Morgan fingerprint density at radius 2 is 2.00 bits per heavy atom. The maximum absolute atomic E-state index is 12.9. The molecule has 0 bridgehead atoms. The van der Waals surface area contributed by atoms with Crippen LogP contribution >= 0.6 is 15.9 Å². The third kappa shape index (κ3) is 3.56. The van der Waals surface area contributed by atoms with E-state index in [2.05, 4.69) is 55.1 Å². The Balaban J connectivity index is 1.27. The SMILES string of the molecule is O=C(c1cn2cc(Br)cnc2n1)N1CC[C@H](N2CCc3ccccc3C2)[C@@H](O)C1. The molecule has 0 radical (unpaired) electrons. The van der Waals surface area contributed by atoms with Crippen LogP contribution in [0.15, 0.2) is 47.3 Å². The molecular weight excluding hydrogens is 434 g/mol. The molecule has 1 amide bonds. The first-order valence-electron chi connectivity index (χ1n) is 9.87. The van der Waals surface area contributed by atoms with Crippen molar-refractivity contribution in [3.05, 3.63) is 64.1 Å². The normalized spacial score (nSPS) is 22.6. The fourth-order valence-electron chi connectivity index (χ4n) is 4.46. The highest BCUT2D eigenvalue weighted by Gasteiger charge is 2.35. The van der Waals surface area contributed by atoms with Crippen molar-refractivity contribution in [2.24, 2.45) is 0 Å². The summed E-state index contributed by atoms with van der Waals surface area (Å²) in [5, 5.41) is 10.8. The zero-order valence-corrected chi connectivity index (χ0v) is 17.5. The third-order valence-electron chi connectivity index (χ3n) is 5.96. The fourth-order valence-corrected chi connectivity index (χ4v) is 4.78. The van der Waals surface area contributed by atoms with Gasteiger partial charge in [0.15, 0.2) is 0 Å². The molecule has 5 rings (SSSR count). The summed E-state index contributed by atoms with van der Waals surface area (Å²) in [6.45, 7) is 2.74. The van der Waals surface area contributed by atoms with Crippen LogP contribution in [-0.4, -0.2) is 67.0 Å². The smallest absolute Gasteiger partial charge is 0.274 e. The van der Waals surface area contributed by atoms with Gasteiger partial charge in [0.1, 0.15) is 5.69 Å². The Kier molecular flexibility index (Phi) is 4.85. The summed E-state index contributed by atoms with van der Waals surface area (Å²) in [4.78, 5) is 25.5. The number of aliphatic hydroxyl groups is 1. The second kappa shape index (κ2) is 7.51. The quantitative estimate of drug-likeness (QED) is 0.640. The predicted octanol–water partition coefficient (Wildman–Crippen LogP) is 2.13. The fraction of sp³-hybridized carbons (Fsp3) is 0.381. The average molecular weight is 456 g/mol. The molecule has 4 heterocycles. The van der Waals surface area contributed by atoms with E-state index in [9.17, 15) is 9.90 Å². The highest BCUT2D eigenvalue weighted by molar-refractivity contribution is 9.10. The van der Waals surface area contributed by atoms with Crippen molar-refractivity contribution in [2.45, 2.75) is 31.5 Å². The molecule has 0 unspecified atom stereocenters. The minimum absolute atomic E-state index is 0.0751. The summed E-state index contributed by atoms with van der Waals surface area (Å²) in [6, 6.07) is 8.59.